The molecule has 272 valence electrons. The molecule has 2 amide bonds. The van der Waals surface area contributed by atoms with Crippen molar-refractivity contribution in [2.24, 2.45) is 5.41 Å². The molecule has 0 aliphatic carbocycles. The van der Waals surface area contributed by atoms with Gasteiger partial charge in [-0.2, -0.15) is 0 Å². The second kappa shape index (κ2) is 12.8. The van der Waals surface area contributed by atoms with Gasteiger partial charge in [-0.1, -0.05) is 69.3 Å². The molecule has 2 saturated heterocycles. The monoisotopic (exact) mass is 702 g/mol. The minimum atomic E-state index is -0.911. The number of nitrogens with one attached hydrogen (secondary N) is 2. The number of ether oxygens (including phenoxy) is 1. The summed E-state index contributed by atoms with van der Waals surface area (Å²) in [5.41, 5.74) is 4.36. The Bertz CT molecular complexity index is 2120. The summed E-state index contributed by atoms with van der Waals surface area (Å²) >= 11 is 0. The zero-order valence-electron chi connectivity index (χ0n) is 31.4. The van der Waals surface area contributed by atoms with E-state index in [1.165, 1.54) is 0 Å². The lowest BCUT2D eigenvalue weighted by molar-refractivity contribution is 0.00743. The van der Waals surface area contributed by atoms with Crippen LogP contribution in [0.4, 0.5) is 9.59 Å². The molecule has 0 radical (unpaired) electrons. The molecule has 2 aliphatic rings. The minimum Gasteiger partial charge on any atom is -0.465 e. The first-order chi connectivity index (χ1) is 24.6. The average molecular weight is 703 g/mol. The summed E-state index contributed by atoms with van der Waals surface area (Å²) in [5, 5.41) is 12.4. The Balaban J connectivity index is 1.09. The molecule has 4 heterocycles. The lowest BCUT2D eigenvalue weighted by Crippen LogP contribution is -2.55. The summed E-state index contributed by atoms with van der Waals surface area (Å²) in [6, 6.07) is 21.1. The zero-order valence-corrected chi connectivity index (χ0v) is 31.4. The number of H-pyrrole nitrogens is 2. The Morgan fingerprint density at radius 1 is 0.769 bits per heavy atom. The number of amides is 2. The molecule has 0 saturated carbocycles. The molecule has 0 spiro atoms. The van der Waals surface area contributed by atoms with E-state index in [1.54, 1.807) is 4.90 Å². The van der Waals surface area contributed by atoms with Crippen molar-refractivity contribution >= 4 is 23.0 Å². The molecular formula is C42H50N6O4. The van der Waals surface area contributed by atoms with Gasteiger partial charge in [0.15, 0.2) is 0 Å². The third kappa shape index (κ3) is 6.22. The number of fused-ring (bicyclic) bond motifs is 1. The van der Waals surface area contributed by atoms with E-state index in [-0.39, 0.29) is 29.6 Å². The summed E-state index contributed by atoms with van der Waals surface area (Å²) in [4.78, 5) is 45.4. The molecule has 3 aromatic carbocycles. The molecule has 10 nitrogen and oxygen atoms in total. The van der Waals surface area contributed by atoms with Crippen molar-refractivity contribution in [1.29, 1.82) is 0 Å². The van der Waals surface area contributed by atoms with Gasteiger partial charge >= 0.3 is 12.2 Å². The number of aromatic nitrogens is 4. The molecule has 2 aromatic heterocycles. The summed E-state index contributed by atoms with van der Waals surface area (Å²) in [7, 11) is 0. The molecular weight excluding hydrogens is 653 g/mol. The van der Waals surface area contributed by atoms with Crippen LogP contribution >= 0.6 is 0 Å². The molecule has 2 aliphatic heterocycles. The fourth-order valence-corrected chi connectivity index (χ4v) is 8.36. The lowest BCUT2D eigenvalue weighted by Gasteiger charge is -2.46. The van der Waals surface area contributed by atoms with Crippen LogP contribution in [-0.2, 0) is 10.3 Å². The van der Waals surface area contributed by atoms with Gasteiger partial charge in [0.1, 0.15) is 22.8 Å². The van der Waals surface area contributed by atoms with E-state index in [0.29, 0.717) is 5.82 Å². The van der Waals surface area contributed by atoms with Gasteiger partial charge in [0.25, 0.3) is 0 Å². The van der Waals surface area contributed by atoms with Gasteiger partial charge in [-0.3, -0.25) is 9.80 Å². The Hall–Kier alpha value is -5.12. The van der Waals surface area contributed by atoms with Crippen molar-refractivity contribution in [2.45, 2.75) is 110 Å². The van der Waals surface area contributed by atoms with Gasteiger partial charge < -0.3 is 19.8 Å². The van der Waals surface area contributed by atoms with Gasteiger partial charge in [0.2, 0.25) is 0 Å². The van der Waals surface area contributed by atoms with Crippen molar-refractivity contribution in [1.82, 2.24) is 29.7 Å². The maximum atomic E-state index is 13.1. The number of likely N-dealkylation sites (tertiary alicyclic amines) is 2. The number of rotatable bonds is 5. The number of benzene rings is 3. The molecule has 52 heavy (non-hydrogen) atoms. The van der Waals surface area contributed by atoms with Gasteiger partial charge in [0.05, 0.1) is 29.8 Å². The Kier molecular flexibility index (Phi) is 8.70. The van der Waals surface area contributed by atoms with E-state index in [1.807, 2.05) is 45.0 Å². The fourth-order valence-electron chi connectivity index (χ4n) is 8.36. The smallest absolute Gasteiger partial charge is 0.411 e. The lowest BCUT2D eigenvalue weighted by atomic mass is 9.71. The van der Waals surface area contributed by atoms with Crippen molar-refractivity contribution in [3.05, 3.63) is 84.7 Å². The normalized spacial score (nSPS) is 22.3. The van der Waals surface area contributed by atoms with E-state index in [9.17, 15) is 14.7 Å². The van der Waals surface area contributed by atoms with Crippen molar-refractivity contribution in [2.75, 3.05) is 0 Å². The van der Waals surface area contributed by atoms with Crippen molar-refractivity contribution in [3.8, 4) is 33.6 Å². The maximum absolute atomic E-state index is 13.1. The third-order valence-corrected chi connectivity index (χ3v) is 11.1. The molecule has 0 bridgehead atoms. The molecule has 5 aromatic rings. The Morgan fingerprint density at radius 2 is 1.37 bits per heavy atom. The van der Waals surface area contributed by atoms with E-state index >= 15 is 0 Å². The van der Waals surface area contributed by atoms with Gasteiger partial charge in [0, 0.05) is 17.6 Å². The molecule has 10 heteroatoms. The molecule has 2 fully saturated rings. The topological polar surface area (TPSA) is 127 Å². The number of aromatic amines is 2. The van der Waals surface area contributed by atoms with Gasteiger partial charge in [-0.05, 0) is 105 Å². The van der Waals surface area contributed by atoms with Crippen LogP contribution in [0.1, 0.15) is 98.8 Å². The highest BCUT2D eigenvalue weighted by Crippen LogP contribution is 2.52. The summed E-state index contributed by atoms with van der Waals surface area (Å²) < 4.78 is 5.72. The second-order valence-electron chi connectivity index (χ2n) is 16.7. The van der Waals surface area contributed by atoms with Crippen molar-refractivity contribution in [3.63, 3.8) is 0 Å². The van der Waals surface area contributed by atoms with Gasteiger partial charge in [-0.15, -0.1) is 0 Å². The van der Waals surface area contributed by atoms with Crippen LogP contribution in [0.3, 0.4) is 0 Å². The van der Waals surface area contributed by atoms with Gasteiger partial charge in [-0.25, -0.2) is 19.6 Å². The molecule has 7 rings (SSSR count). The Labute approximate surface area is 305 Å². The predicted octanol–water partition coefficient (Wildman–Crippen LogP) is 10.2. The van der Waals surface area contributed by atoms with Crippen LogP contribution in [0.25, 0.3) is 44.4 Å². The average Bonchev–Trinajstić information content (AvgIpc) is 3.89. The SMILES string of the molecule is C[C@H]1CC[C@@H](c2ncc(-c3ccc4cc(-c5ccc(-c6cnc([C@@]7(C(C)(C)C)CC[C@H](C)N7C(=O)O)[nH]6)cc5)ccc4c3)[nH]2)N1C(=O)OC(C)(C)C. The first-order valence-electron chi connectivity index (χ1n) is 18.3. The van der Waals surface area contributed by atoms with Crippen LogP contribution < -0.4 is 0 Å². The first-order valence-corrected chi connectivity index (χ1v) is 18.3. The van der Waals surface area contributed by atoms with Crippen LogP contribution in [0.5, 0.6) is 0 Å². The predicted molar refractivity (Wildman–Crippen MR) is 204 cm³/mol. The third-order valence-electron chi connectivity index (χ3n) is 11.1. The number of imidazole rings is 2. The van der Waals surface area contributed by atoms with E-state index < -0.39 is 17.2 Å². The van der Waals surface area contributed by atoms with Crippen LogP contribution in [0.2, 0.25) is 0 Å². The zero-order chi connectivity index (χ0) is 37.2. The summed E-state index contributed by atoms with van der Waals surface area (Å²) in [6.07, 6.45) is 5.71. The Morgan fingerprint density at radius 3 is 2.02 bits per heavy atom. The quantitative estimate of drug-likeness (QED) is 0.167. The van der Waals surface area contributed by atoms with Crippen LogP contribution in [0, 0.1) is 5.41 Å². The highest BCUT2D eigenvalue weighted by atomic mass is 16.6. The van der Waals surface area contributed by atoms with E-state index in [2.05, 4.69) is 98.3 Å². The van der Waals surface area contributed by atoms with Crippen LogP contribution in [0.15, 0.2) is 73.1 Å². The van der Waals surface area contributed by atoms with E-state index in [4.69, 9.17) is 14.7 Å². The molecule has 0 unspecified atom stereocenters. The largest absolute Gasteiger partial charge is 0.465 e. The minimum absolute atomic E-state index is 0.0799. The summed E-state index contributed by atoms with van der Waals surface area (Å²) in [5.74, 6) is 1.47. The number of carbonyl (C=O) groups is 2. The number of hydrogen-bond donors (Lipinski definition) is 3. The van der Waals surface area contributed by atoms with Crippen LogP contribution in [-0.4, -0.2) is 64.7 Å². The summed E-state index contributed by atoms with van der Waals surface area (Å²) in [6.45, 7) is 16.0. The molecule has 4 atom stereocenters. The standard InChI is InChI=1S/C42H50N6O4/c1-25-9-18-35(47(25)39(51)52-41(6,7)8)36-43-23-34(45-36)32-17-16-30-21-29(14-15-31(30)22-32)27-10-12-28(13-11-27)33-24-44-37(46-33)42(40(3,4)5)20-19-26(2)48(42)38(49)50/h10-17,21-26,35H,9,18-20H2,1-8H3,(H,43,45)(H,44,46)(H,49,50)/t25-,26-,35-,42+/m0/s1. The maximum Gasteiger partial charge on any atom is 0.411 e. The highest BCUT2D eigenvalue weighted by Gasteiger charge is 2.57. The first kappa shape index (κ1) is 35.3. The highest BCUT2D eigenvalue weighted by molar-refractivity contribution is 5.90. The fraction of sp³-hybridized carbons (Fsp3) is 0.429. The van der Waals surface area contributed by atoms with Crippen molar-refractivity contribution < 1.29 is 19.4 Å². The molecule has 3 N–H and O–H groups in total. The second-order valence-corrected chi connectivity index (χ2v) is 16.7. The number of hydrogen-bond acceptors (Lipinski definition) is 5. The number of carbonyl (C=O) groups excluding carboxylic acids is 1. The number of carboxylic acid groups (broad SMARTS) is 1. The van der Waals surface area contributed by atoms with E-state index in [0.717, 1.165) is 75.9 Å². The number of nitrogens with zero attached hydrogens (tertiary/aromatic N) is 4.